The van der Waals surface area contributed by atoms with Gasteiger partial charge in [-0.3, -0.25) is 14.3 Å². The third kappa shape index (κ3) is 7.40. The molecule has 37 heavy (non-hydrogen) atoms. The zero-order valence-corrected chi connectivity index (χ0v) is 23.0. The molecule has 200 valence electrons. The highest BCUT2D eigenvalue weighted by Gasteiger charge is 2.48. The summed E-state index contributed by atoms with van der Waals surface area (Å²) in [5.41, 5.74) is 0.964. The van der Waals surface area contributed by atoms with Gasteiger partial charge in [-0.2, -0.15) is 5.10 Å². The van der Waals surface area contributed by atoms with Crippen molar-refractivity contribution >= 4 is 23.6 Å². The Balaban J connectivity index is 0.00000235. The van der Waals surface area contributed by atoms with Crippen molar-refractivity contribution in [2.24, 2.45) is 0 Å². The number of carbonyl (C=O) groups is 2. The van der Waals surface area contributed by atoms with Gasteiger partial charge in [-0.05, 0) is 55.9 Å². The van der Waals surface area contributed by atoms with Gasteiger partial charge in [0.15, 0.2) is 6.79 Å². The van der Waals surface area contributed by atoms with Crippen molar-refractivity contribution < 1.29 is 19.4 Å². The van der Waals surface area contributed by atoms with E-state index in [-0.39, 0.29) is 30.9 Å². The molecule has 8 nitrogen and oxygen atoms in total. The van der Waals surface area contributed by atoms with E-state index in [1.807, 2.05) is 37.5 Å². The first-order chi connectivity index (χ1) is 17.9. The molecular weight excluding hydrogens is 488 g/mol. The molecule has 2 atom stereocenters. The number of hydrogen-bond acceptors (Lipinski definition) is 6. The summed E-state index contributed by atoms with van der Waals surface area (Å²) in [4.78, 5) is 29.1. The minimum absolute atomic E-state index is 0.0503. The largest absolute Gasteiger partial charge is 0.468 e. The number of carbonyl (C=O) groups excluding carboxylic acids is 2. The molecule has 9 heteroatoms. The lowest BCUT2D eigenvalue weighted by Gasteiger charge is -2.44. The monoisotopic (exact) mass is 526 g/mol. The van der Waals surface area contributed by atoms with Crippen LogP contribution in [0.3, 0.4) is 0 Å². The van der Waals surface area contributed by atoms with Crippen LogP contribution < -0.4 is 10.1 Å². The van der Waals surface area contributed by atoms with Crippen molar-refractivity contribution in [2.75, 3.05) is 6.79 Å². The molecule has 2 unspecified atom stereocenters. The number of aliphatic hydroxyl groups excluding tert-OH is 1. The van der Waals surface area contributed by atoms with Gasteiger partial charge in [0.25, 0.3) is 5.91 Å². The van der Waals surface area contributed by atoms with Crippen LogP contribution in [0.25, 0.3) is 0 Å². The Morgan fingerprint density at radius 2 is 2.11 bits per heavy atom. The van der Waals surface area contributed by atoms with Crippen molar-refractivity contribution in [3.05, 3.63) is 58.8 Å². The quantitative estimate of drug-likeness (QED) is 0.316. The minimum Gasteiger partial charge on any atom is -0.468 e. The third-order valence-corrected chi connectivity index (χ3v) is 7.16. The Hall–Kier alpha value is -3.22. The van der Waals surface area contributed by atoms with E-state index in [1.54, 1.807) is 39.5 Å². The molecular formula is C28H38N4O4S. The van der Waals surface area contributed by atoms with Crippen LogP contribution in [0.15, 0.2) is 41.8 Å². The zero-order valence-electron chi connectivity index (χ0n) is 22.1. The molecule has 1 aliphatic heterocycles. The van der Waals surface area contributed by atoms with Gasteiger partial charge in [0.2, 0.25) is 5.91 Å². The molecule has 3 rings (SSSR count). The van der Waals surface area contributed by atoms with Crippen molar-refractivity contribution in [1.82, 2.24) is 20.0 Å². The lowest BCUT2D eigenvalue weighted by atomic mass is 9.93. The van der Waals surface area contributed by atoms with E-state index in [0.29, 0.717) is 17.2 Å². The van der Waals surface area contributed by atoms with E-state index in [0.717, 1.165) is 30.5 Å². The summed E-state index contributed by atoms with van der Waals surface area (Å²) in [6.45, 7) is 7.98. The Labute approximate surface area is 224 Å². The Morgan fingerprint density at radius 1 is 1.35 bits per heavy atom. The molecule has 2 N–H and O–H groups in total. The Kier molecular flexibility index (Phi) is 11.8. The summed E-state index contributed by atoms with van der Waals surface area (Å²) in [7, 11) is 0. The fourth-order valence-electron chi connectivity index (χ4n) is 4.30. The van der Waals surface area contributed by atoms with Crippen molar-refractivity contribution in [3.63, 3.8) is 0 Å². The number of thioether (sulfide) groups is 1. The molecule has 0 fully saturated rings. The van der Waals surface area contributed by atoms with Gasteiger partial charge in [-0.25, -0.2) is 0 Å². The van der Waals surface area contributed by atoms with Crippen LogP contribution in [0.4, 0.5) is 0 Å². The van der Waals surface area contributed by atoms with Gasteiger partial charge in [0.05, 0.1) is 12.2 Å². The van der Waals surface area contributed by atoms with Crippen molar-refractivity contribution in [3.8, 4) is 18.6 Å². The normalized spacial score (nSPS) is 17.6. The van der Waals surface area contributed by atoms with E-state index in [1.165, 1.54) is 0 Å². The van der Waals surface area contributed by atoms with Crippen LogP contribution in [-0.2, 0) is 23.6 Å². The number of allylic oxidation sites excluding steroid dienone is 1. The second-order valence-electron chi connectivity index (χ2n) is 8.91. The SMILES string of the molecule is C#C.C/C=C\SCc1cc2n(n1)CC(C)(C(=O)NC(CC)CCC)N(Cc1cccc(OCO)c1)C2=O. The van der Waals surface area contributed by atoms with Gasteiger partial charge in [0, 0.05) is 18.3 Å². The summed E-state index contributed by atoms with van der Waals surface area (Å²) < 4.78 is 6.89. The molecule has 0 radical (unpaired) electrons. The van der Waals surface area contributed by atoms with Crippen LogP contribution in [0, 0.1) is 12.8 Å². The van der Waals surface area contributed by atoms with Gasteiger partial charge in [0.1, 0.15) is 17.0 Å². The van der Waals surface area contributed by atoms with Gasteiger partial charge in [-0.1, -0.05) is 38.5 Å². The van der Waals surface area contributed by atoms with Crippen LogP contribution in [0.5, 0.6) is 5.75 Å². The number of amides is 2. The summed E-state index contributed by atoms with van der Waals surface area (Å²) in [5, 5.41) is 18.9. The second kappa shape index (κ2) is 14.5. The molecule has 0 saturated carbocycles. The zero-order chi connectivity index (χ0) is 27.4. The lowest BCUT2D eigenvalue weighted by Crippen LogP contribution is -2.64. The first kappa shape index (κ1) is 30.0. The summed E-state index contributed by atoms with van der Waals surface area (Å²) in [5.74, 6) is 0.735. The van der Waals surface area contributed by atoms with Gasteiger partial charge >= 0.3 is 0 Å². The summed E-state index contributed by atoms with van der Waals surface area (Å²) >= 11 is 1.61. The van der Waals surface area contributed by atoms with E-state index < -0.39 is 12.3 Å². The van der Waals surface area contributed by atoms with E-state index in [4.69, 9.17) is 9.84 Å². The highest BCUT2D eigenvalue weighted by atomic mass is 32.2. The molecule has 1 aliphatic rings. The summed E-state index contributed by atoms with van der Waals surface area (Å²) in [6, 6.07) is 9.08. The molecule has 0 spiro atoms. The number of benzene rings is 1. The predicted octanol–water partition coefficient (Wildman–Crippen LogP) is 4.34. The topological polar surface area (TPSA) is 96.7 Å². The van der Waals surface area contributed by atoms with Crippen LogP contribution in [-0.4, -0.2) is 50.0 Å². The Morgan fingerprint density at radius 3 is 2.76 bits per heavy atom. The molecule has 2 amide bonds. The number of nitrogens with zero attached hydrogens (tertiary/aromatic N) is 3. The highest BCUT2D eigenvalue weighted by Crippen LogP contribution is 2.31. The third-order valence-electron chi connectivity index (χ3n) is 6.24. The predicted molar refractivity (Wildman–Crippen MR) is 148 cm³/mol. The number of fused-ring (bicyclic) bond motifs is 1. The van der Waals surface area contributed by atoms with Crippen molar-refractivity contribution in [1.29, 1.82) is 0 Å². The van der Waals surface area contributed by atoms with Gasteiger partial charge < -0.3 is 20.1 Å². The molecule has 1 aromatic carbocycles. The maximum atomic E-state index is 13.8. The average Bonchev–Trinajstić information content (AvgIpc) is 3.30. The number of aliphatic hydroxyl groups is 1. The second-order valence-corrected chi connectivity index (χ2v) is 9.81. The molecule has 0 saturated heterocycles. The smallest absolute Gasteiger partial charge is 0.273 e. The maximum absolute atomic E-state index is 13.8. The number of rotatable bonds is 12. The fourth-order valence-corrected chi connectivity index (χ4v) is 4.90. The first-order valence-electron chi connectivity index (χ1n) is 12.4. The van der Waals surface area contributed by atoms with Crippen LogP contribution in [0.1, 0.15) is 68.7 Å². The number of terminal acetylenes is 1. The molecule has 2 heterocycles. The molecule has 2 aromatic rings. The van der Waals surface area contributed by atoms with Gasteiger partial charge in [-0.15, -0.1) is 24.6 Å². The van der Waals surface area contributed by atoms with E-state index >= 15 is 0 Å². The number of nitrogens with one attached hydrogen (secondary N) is 1. The number of hydrogen-bond donors (Lipinski definition) is 2. The van der Waals surface area contributed by atoms with Crippen molar-refractivity contribution in [2.45, 2.75) is 77.4 Å². The first-order valence-corrected chi connectivity index (χ1v) is 13.5. The highest BCUT2D eigenvalue weighted by molar-refractivity contribution is 8.01. The van der Waals surface area contributed by atoms with Crippen LogP contribution >= 0.6 is 11.8 Å². The average molecular weight is 527 g/mol. The maximum Gasteiger partial charge on any atom is 0.273 e. The fraction of sp³-hybridized carbons (Fsp3) is 0.464. The minimum atomic E-state index is -1.13. The number of aromatic nitrogens is 2. The number of ether oxygens (including phenoxy) is 1. The van der Waals surface area contributed by atoms with E-state index in [9.17, 15) is 9.59 Å². The molecule has 0 bridgehead atoms. The molecule has 0 aliphatic carbocycles. The van der Waals surface area contributed by atoms with Crippen LogP contribution in [0.2, 0.25) is 0 Å². The summed E-state index contributed by atoms with van der Waals surface area (Å²) in [6.07, 6.45) is 12.6. The standard InChI is InChI=1S/C26H36N4O4S.C2H2/c1-5-9-20(7-3)27-25(33)26(4)17-30-23(14-21(28-30)16-35-12-6-2)24(32)29(26)15-19-10-8-11-22(13-19)34-18-31;1-2/h6,8,10-14,20,31H,5,7,9,15-18H2,1-4H3,(H,27,33);1-2H/b12-6-;. The lowest BCUT2D eigenvalue weighted by molar-refractivity contribution is -0.134. The molecule has 1 aromatic heterocycles. The Bertz CT molecular complexity index is 1100. The van der Waals surface area contributed by atoms with E-state index in [2.05, 4.69) is 37.1 Å².